The van der Waals surface area contributed by atoms with Gasteiger partial charge in [0.2, 0.25) is 23.6 Å². The summed E-state index contributed by atoms with van der Waals surface area (Å²) in [5.74, 6) is 0.926. The number of amides is 5. The molecule has 0 unspecified atom stereocenters. The van der Waals surface area contributed by atoms with Crippen molar-refractivity contribution in [2.24, 2.45) is 5.41 Å². The third kappa shape index (κ3) is 6.65. The van der Waals surface area contributed by atoms with Gasteiger partial charge in [-0.3, -0.25) is 24.1 Å². The number of carbonyl (C=O) groups is 5. The Morgan fingerprint density at radius 3 is 2.51 bits per heavy atom. The zero-order valence-corrected chi connectivity index (χ0v) is 23.3. The van der Waals surface area contributed by atoms with E-state index in [1.165, 1.54) is 30.6 Å². The summed E-state index contributed by atoms with van der Waals surface area (Å²) in [5, 5.41) is 17.0. The number of hydrogen-bond donors (Lipinski definition) is 4. The minimum atomic E-state index is -1.27. The van der Waals surface area contributed by atoms with E-state index in [0.717, 1.165) is 4.90 Å². The molecule has 1 aromatic rings. The van der Waals surface area contributed by atoms with E-state index < -0.39 is 59.3 Å². The second kappa shape index (κ2) is 12.4. The van der Waals surface area contributed by atoms with Crippen molar-refractivity contribution in [1.82, 2.24) is 25.8 Å². The van der Waals surface area contributed by atoms with Crippen molar-refractivity contribution in [2.75, 3.05) is 19.3 Å². The molecule has 1 aromatic carbocycles. The molecular formula is C27H35N5O6S. The highest BCUT2D eigenvalue weighted by Gasteiger charge is 2.54. The first kappa shape index (κ1) is 29.8. The Bertz CT molecular complexity index is 1150. The van der Waals surface area contributed by atoms with Crippen LogP contribution in [-0.2, 0) is 19.2 Å². The lowest BCUT2D eigenvalue weighted by Crippen LogP contribution is -2.59. The molecule has 2 aliphatic rings. The van der Waals surface area contributed by atoms with Crippen molar-refractivity contribution in [3.8, 4) is 12.3 Å². The molecule has 4 N–H and O–H groups in total. The van der Waals surface area contributed by atoms with Crippen LogP contribution in [-0.4, -0.2) is 87.5 Å². The normalized spacial score (nSPS) is 23.3. The number of nitrogens with zero attached hydrogens (tertiary/aromatic N) is 2. The van der Waals surface area contributed by atoms with Crippen LogP contribution in [0.4, 0.5) is 4.79 Å². The van der Waals surface area contributed by atoms with Gasteiger partial charge in [0.15, 0.2) is 0 Å². The van der Waals surface area contributed by atoms with Gasteiger partial charge in [-0.15, -0.1) is 18.2 Å². The van der Waals surface area contributed by atoms with Gasteiger partial charge in [-0.1, -0.05) is 50.1 Å². The number of thioether (sulfide) groups is 1. The van der Waals surface area contributed by atoms with E-state index in [1.54, 1.807) is 30.3 Å². The summed E-state index contributed by atoms with van der Waals surface area (Å²) in [4.78, 5) is 67.0. The van der Waals surface area contributed by atoms with Gasteiger partial charge in [0, 0.05) is 7.05 Å². The highest BCUT2D eigenvalue weighted by molar-refractivity contribution is 7.99. The van der Waals surface area contributed by atoms with Crippen LogP contribution in [0.2, 0.25) is 0 Å². The first-order chi connectivity index (χ1) is 18.4. The predicted octanol–water partition coefficient (Wildman–Crippen LogP) is 1.17. The number of nitrogens with one attached hydrogen (secondary N) is 3. The van der Waals surface area contributed by atoms with Gasteiger partial charge in [-0.25, -0.2) is 4.79 Å². The lowest BCUT2D eigenvalue weighted by Gasteiger charge is -2.35. The van der Waals surface area contributed by atoms with Crippen LogP contribution in [0, 0.1) is 17.8 Å². The maximum absolute atomic E-state index is 13.8. The zero-order chi connectivity index (χ0) is 28.9. The van der Waals surface area contributed by atoms with Crippen LogP contribution in [0.5, 0.6) is 0 Å². The largest absolute Gasteiger partial charge is 0.465 e. The number of carbonyl (C=O) groups excluding carboxylic acids is 4. The summed E-state index contributed by atoms with van der Waals surface area (Å²) in [6, 6.07) is 4.87. The standard InChI is InChI=1S/C27H35N5O6S/c1-6-13-28-23(34)20(17-10-8-7-9-11-17)30-24(35)21-27(3,4)15-19-32(21)25(36)18(12-14-39-19)29-22(33)16(2)31(5)26(37)38/h1,7-11,16,18-21H,12-15H2,2-5H3,(H,28,34)(H,29,33)(H,30,35)(H,37,38)/t16-,18-,19-,20-,21+/m0/s1. The number of fused-ring (bicyclic) bond motifs is 1. The predicted molar refractivity (Wildman–Crippen MR) is 146 cm³/mol. The average molecular weight is 558 g/mol. The third-order valence-electron chi connectivity index (χ3n) is 7.17. The number of rotatable bonds is 8. The molecule has 2 fully saturated rings. The third-order valence-corrected chi connectivity index (χ3v) is 8.42. The van der Waals surface area contributed by atoms with Crippen LogP contribution in [0.1, 0.15) is 45.2 Å². The topological polar surface area (TPSA) is 148 Å². The molecule has 210 valence electrons. The molecule has 11 nitrogen and oxygen atoms in total. The maximum Gasteiger partial charge on any atom is 0.407 e. The Morgan fingerprint density at radius 2 is 1.90 bits per heavy atom. The molecule has 0 aromatic heterocycles. The average Bonchev–Trinajstić information content (AvgIpc) is 3.09. The number of carboxylic acid groups (broad SMARTS) is 1. The van der Waals surface area contributed by atoms with E-state index >= 15 is 0 Å². The zero-order valence-electron chi connectivity index (χ0n) is 22.5. The molecule has 2 saturated heterocycles. The second-order valence-electron chi connectivity index (χ2n) is 10.4. The summed E-state index contributed by atoms with van der Waals surface area (Å²) in [7, 11) is 1.28. The number of hydrogen-bond acceptors (Lipinski definition) is 6. The maximum atomic E-state index is 13.8. The van der Waals surface area contributed by atoms with Crippen molar-refractivity contribution in [1.29, 1.82) is 0 Å². The van der Waals surface area contributed by atoms with Gasteiger partial charge in [0.25, 0.3) is 0 Å². The number of benzene rings is 1. The first-order valence-corrected chi connectivity index (χ1v) is 13.7. The van der Waals surface area contributed by atoms with Crippen molar-refractivity contribution in [2.45, 2.75) is 63.2 Å². The fourth-order valence-corrected chi connectivity index (χ4v) is 6.47. The minimum absolute atomic E-state index is 0.00679. The highest BCUT2D eigenvalue weighted by atomic mass is 32.2. The summed E-state index contributed by atoms with van der Waals surface area (Å²) >= 11 is 1.53. The van der Waals surface area contributed by atoms with Gasteiger partial charge >= 0.3 is 6.09 Å². The lowest BCUT2D eigenvalue weighted by atomic mass is 9.83. The molecule has 0 saturated carbocycles. The summed E-state index contributed by atoms with van der Waals surface area (Å²) in [6.45, 7) is 5.22. The smallest absolute Gasteiger partial charge is 0.407 e. The van der Waals surface area contributed by atoms with Crippen LogP contribution >= 0.6 is 11.8 Å². The molecule has 3 rings (SSSR count). The van der Waals surface area contributed by atoms with E-state index in [1.807, 2.05) is 13.8 Å². The summed E-state index contributed by atoms with van der Waals surface area (Å²) in [5.41, 5.74) is -0.0672. The molecule has 0 spiro atoms. The molecule has 12 heteroatoms. The van der Waals surface area contributed by atoms with Crippen LogP contribution in [0.15, 0.2) is 30.3 Å². The Labute approximate surface area is 232 Å². The van der Waals surface area contributed by atoms with Crippen LogP contribution < -0.4 is 16.0 Å². The van der Waals surface area contributed by atoms with Crippen molar-refractivity contribution in [3.05, 3.63) is 35.9 Å². The van der Waals surface area contributed by atoms with Crippen molar-refractivity contribution >= 4 is 41.5 Å². The molecule has 0 radical (unpaired) electrons. The van der Waals surface area contributed by atoms with Crippen molar-refractivity contribution in [3.63, 3.8) is 0 Å². The Hall–Kier alpha value is -3.72. The molecule has 5 amide bonds. The Kier molecular flexibility index (Phi) is 9.50. The van der Waals surface area contributed by atoms with Gasteiger partial charge in [0.1, 0.15) is 24.2 Å². The fourth-order valence-electron chi connectivity index (χ4n) is 4.89. The number of likely N-dealkylation sites (N-methyl/N-ethyl adjacent to an activating group) is 1. The van der Waals surface area contributed by atoms with Crippen LogP contribution in [0.3, 0.4) is 0 Å². The van der Waals surface area contributed by atoms with Gasteiger partial charge in [-0.05, 0) is 36.5 Å². The quantitative estimate of drug-likeness (QED) is 0.351. The SMILES string of the molecule is C#CCNC(=O)[C@@H](NC(=O)[C@H]1N2C(=O)[C@@H](NC(=O)[C@H](C)N(C)C(=O)O)CCS[C@H]2CC1(C)C)c1ccccc1. The first-order valence-electron chi connectivity index (χ1n) is 12.7. The monoisotopic (exact) mass is 557 g/mol. The Balaban J connectivity index is 1.86. The summed E-state index contributed by atoms with van der Waals surface area (Å²) < 4.78 is 0. The van der Waals surface area contributed by atoms with Gasteiger partial charge in [-0.2, -0.15) is 0 Å². The second-order valence-corrected chi connectivity index (χ2v) is 11.6. The molecule has 0 bridgehead atoms. The molecule has 2 heterocycles. The lowest BCUT2D eigenvalue weighted by molar-refractivity contribution is -0.144. The molecule has 39 heavy (non-hydrogen) atoms. The van der Waals surface area contributed by atoms with E-state index in [-0.39, 0.29) is 11.9 Å². The molecular weight excluding hydrogens is 522 g/mol. The van der Waals surface area contributed by atoms with E-state index in [9.17, 15) is 29.1 Å². The number of terminal acetylenes is 1. The van der Waals surface area contributed by atoms with Gasteiger partial charge < -0.3 is 26.0 Å². The van der Waals surface area contributed by atoms with E-state index in [0.29, 0.717) is 24.2 Å². The highest BCUT2D eigenvalue weighted by Crippen LogP contribution is 2.46. The molecule has 5 atom stereocenters. The van der Waals surface area contributed by atoms with Crippen molar-refractivity contribution < 1.29 is 29.1 Å². The summed E-state index contributed by atoms with van der Waals surface area (Å²) in [6.07, 6.45) is 4.90. The van der Waals surface area contributed by atoms with E-state index in [2.05, 4.69) is 21.9 Å². The van der Waals surface area contributed by atoms with Crippen LogP contribution in [0.25, 0.3) is 0 Å². The molecule has 2 aliphatic heterocycles. The molecule has 0 aliphatic carbocycles. The Morgan fingerprint density at radius 1 is 1.23 bits per heavy atom. The van der Waals surface area contributed by atoms with E-state index in [4.69, 9.17) is 6.42 Å². The fraction of sp³-hybridized carbons (Fsp3) is 0.519. The van der Waals surface area contributed by atoms with Gasteiger partial charge in [0.05, 0.1) is 11.9 Å². The minimum Gasteiger partial charge on any atom is -0.465 e.